The highest BCUT2D eigenvalue weighted by molar-refractivity contribution is 7.89. The van der Waals surface area contributed by atoms with Crippen LogP contribution in [0.5, 0.6) is 0 Å². The third-order valence-corrected chi connectivity index (χ3v) is 8.23. The summed E-state index contributed by atoms with van der Waals surface area (Å²) in [5.74, 6) is -1.11. The first-order valence-corrected chi connectivity index (χ1v) is 12.8. The van der Waals surface area contributed by atoms with Crippen molar-refractivity contribution >= 4 is 15.9 Å². The Balaban J connectivity index is 1.40. The van der Waals surface area contributed by atoms with E-state index in [1.54, 1.807) is 0 Å². The molecule has 7 nitrogen and oxygen atoms in total. The number of halogens is 1. The summed E-state index contributed by atoms with van der Waals surface area (Å²) in [5.41, 5.74) is 3.97. The summed E-state index contributed by atoms with van der Waals surface area (Å²) in [6.07, 6.45) is 1.21. The molecule has 2 heterocycles. The smallest absolute Gasteiger partial charge is 0.243 e. The van der Waals surface area contributed by atoms with Crippen LogP contribution in [-0.2, 0) is 27.9 Å². The van der Waals surface area contributed by atoms with E-state index in [1.165, 1.54) is 16.4 Å². The summed E-state index contributed by atoms with van der Waals surface area (Å²) in [7, 11) is -3.78. The first-order valence-electron chi connectivity index (χ1n) is 11.4. The quantitative estimate of drug-likeness (QED) is 0.557. The molecule has 1 saturated heterocycles. The van der Waals surface area contributed by atoms with E-state index in [0.717, 1.165) is 34.6 Å². The van der Waals surface area contributed by atoms with Crippen molar-refractivity contribution in [2.45, 2.75) is 44.7 Å². The van der Waals surface area contributed by atoms with Crippen LogP contribution >= 0.6 is 0 Å². The molecule has 1 atom stereocenters. The maximum absolute atomic E-state index is 13.2. The highest BCUT2D eigenvalue weighted by Crippen LogP contribution is 2.24. The third kappa shape index (κ3) is 5.20. The van der Waals surface area contributed by atoms with Crippen LogP contribution in [0.15, 0.2) is 59.5 Å². The van der Waals surface area contributed by atoms with Crippen LogP contribution in [0.25, 0.3) is 0 Å². The Kier molecular flexibility index (Phi) is 7.13. The van der Waals surface area contributed by atoms with Crippen LogP contribution in [-0.4, -0.2) is 41.5 Å². The number of carbonyl (C=O) groups is 1. The number of amides is 1. The average Bonchev–Trinajstić information content (AvgIpc) is 3.10. The van der Waals surface area contributed by atoms with E-state index in [9.17, 15) is 17.6 Å². The predicted octanol–water partition coefficient (Wildman–Crippen LogP) is 3.40. The number of piperidine rings is 1. The normalized spacial score (nSPS) is 17.0. The van der Waals surface area contributed by atoms with Crippen LogP contribution in [0.2, 0.25) is 0 Å². The van der Waals surface area contributed by atoms with Gasteiger partial charge in [0.25, 0.3) is 0 Å². The van der Waals surface area contributed by atoms with Gasteiger partial charge in [-0.1, -0.05) is 30.3 Å². The second-order valence-corrected chi connectivity index (χ2v) is 10.6. The number of hydrogen-bond donors (Lipinski definition) is 1. The maximum Gasteiger partial charge on any atom is 0.243 e. The van der Waals surface area contributed by atoms with Crippen molar-refractivity contribution < 1.29 is 17.6 Å². The van der Waals surface area contributed by atoms with Crippen LogP contribution in [0.3, 0.4) is 0 Å². The minimum atomic E-state index is -3.78. The molecule has 1 N–H and O–H groups in total. The van der Waals surface area contributed by atoms with Gasteiger partial charge in [0.1, 0.15) is 5.82 Å². The Hall–Kier alpha value is -3.04. The van der Waals surface area contributed by atoms with Crippen LogP contribution in [0, 0.1) is 25.6 Å². The van der Waals surface area contributed by atoms with Crippen molar-refractivity contribution in [1.82, 2.24) is 19.4 Å². The van der Waals surface area contributed by atoms with E-state index in [4.69, 9.17) is 0 Å². The fourth-order valence-corrected chi connectivity index (χ4v) is 5.87. The fraction of sp³-hybridized carbons (Fsp3) is 0.360. The minimum Gasteiger partial charge on any atom is -0.352 e. The zero-order valence-corrected chi connectivity index (χ0v) is 20.2. The number of benzene rings is 2. The fourth-order valence-electron chi connectivity index (χ4n) is 4.35. The maximum atomic E-state index is 13.2. The third-order valence-electron chi connectivity index (χ3n) is 6.35. The lowest BCUT2D eigenvalue weighted by atomic mass is 9.98. The molecule has 0 aliphatic carbocycles. The van der Waals surface area contributed by atoms with E-state index in [2.05, 4.69) is 10.4 Å². The van der Waals surface area contributed by atoms with Gasteiger partial charge < -0.3 is 5.32 Å². The van der Waals surface area contributed by atoms with Gasteiger partial charge in [-0.2, -0.15) is 9.40 Å². The molecule has 9 heteroatoms. The topological polar surface area (TPSA) is 84.3 Å². The molecule has 4 rings (SSSR count). The van der Waals surface area contributed by atoms with Gasteiger partial charge in [-0.05, 0) is 56.5 Å². The van der Waals surface area contributed by atoms with Gasteiger partial charge in [-0.15, -0.1) is 0 Å². The summed E-state index contributed by atoms with van der Waals surface area (Å²) < 4.78 is 42.4. The van der Waals surface area contributed by atoms with Gasteiger partial charge in [0.05, 0.1) is 23.1 Å². The minimum absolute atomic E-state index is 0.0343. The lowest BCUT2D eigenvalue weighted by molar-refractivity contribution is -0.126. The number of rotatable bonds is 7. The lowest BCUT2D eigenvalue weighted by Gasteiger charge is -2.31. The molecule has 1 unspecified atom stereocenters. The first kappa shape index (κ1) is 24.1. The number of aromatic nitrogens is 2. The molecule has 34 heavy (non-hydrogen) atoms. The van der Waals surface area contributed by atoms with Crippen LogP contribution in [0.1, 0.15) is 35.4 Å². The number of carbonyl (C=O) groups excluding carboxylic acids is 1. The molecule has 2 aromatic carbocycles. The molecule has 180 valence electrons. The van der Waals surface area contributed by atoms with E-state index >= 15 is 0 Å². The Labute approximate surface area is 199 Å². The van der Waals surface area contributed by atoms with Gasteiger partial charge in [-0.25, -0.2) is 12.8 Å². The van der Waals surface area contributed by atoms with Crippen LogP contribution < -0.4 is 5.32 Å². The monoisotopic (exact) mass is 484 g/mol. The summed E-state index contributed by atoms with van der Waals surface area (Å²) in [4.78, 5) is 13.0. The number of aryl methyl sites for hydroxylation is 1. The Morgan fingerprint density at radius 2 is 1.82 bits per heavy atom. The lowest BCUT2D eigenvalue weighted by Crippen LogP contribution is -2.45. The van der Waals surface area contributed by atoms with E-state index < -0.39 is 21.8 Å². The summed E-state index contributed by atoms with van der Waals surface area (Å²) in [5, 5.41) is 7.61. The Bertz CT molecular complexity index is 1260. The highest BCUT2D eigenvalue weighted by atomic mass is 32.2. The van der Waals surface area contributed by atoms with Crippen molar-refractivity contribution in [2.75, 3.05) is 13.1 Å². The van der Waals surface area contributed by atoms with Gasteiger partial charge in [0, 0.05) is 30.9 Å². The molecule has 0 spiro atoms. The number of nitrogens with zero attached hydrogens (tertiary/aromatic N) is 3. The molecule has 0 radical (unpaired) electrons. The van der Waals surface area contributed by atoms with E-state index in [0.29, 0.717) is 32.5 Å². The number of hydrogen-bond acceptors (Lipinski definition) is 4. The molecule has 1 fully saturated rings. The van der Waals surface area contributed by atoms with Crippen molar-refractivity contribution in [3.05, 3.63) is 82.9 Å². The molecule has 1 aromatic heterocycles. The summed E-state index contributed by atoms with van der Waals surface area (Å²) in [6.45, 7) is 5.35. The van der Waals surface area contributed by atoms with Crippen molar-refractivity contribution in [2.24, 2.45) is 5.92 Å². The molecular formula is C25H29FN4O3S. The van der Waals surface area contributed by atoms with Gasteiger partial charge in [-0.3, -0.25) is 9.48 Å². The molecule has 1 aliphatic heterocycles. The predicted molar refractivity (Wildman–Crippen MR) is 127 cm³/mol. The highest BCUT2D eigenvalue weighted by Gasteiger charge is 2.33. The molecule has 1 amide bonds. The SMILES string of the molecule is Cc1nn(Cc2ccccc2)c(C)c1CNC(=O)C1CCCN(S(=O)(=O)c2ccc(F)cc2)C1. The zero-order chi connectivity index (χ0) is 24.3. The molecule has 0 saturated carbocycles. The van der Waals surface area contributed by atoms with E-state index in [-0.39, 0.29) is 17.3 Å². The average molecular weight is 485 g/mol. The van der Waals surface area contributed by atoms with Crippen molar-refractivity contribution in [3.63, 3.8) is 0 Å². The Morgan fingerprint density at radius 1 is 1.12 bits per heavy atom. The van der Waals surface area contributed by atoms with Crippen molar-refractivity contribution in [1.29, 1.82) is 0 Å². The van der Waals surface area contributed by atoms with Gasteiger partial charge >= 0.3 is 0 Å². The van der Waals surface area contributed by atoms with Gasteiger partial charge in [0.15, 0.2) is 0 Å². The second kappa shape index (κ2) is 10.1. The zero-order valence-electron chi connectivity index (χ0n) is 19.4. The summed E-state index contributed by atoms with van der Waals surface area (Å²) in [6, 6.07) is 14.8. The molecule has 1 aliphatic rings. The van der Waals surface area contributed by atoms with Crippen molar-refractivity contribution in [3.8, 4) is 0 Å². The molecular weight excluding hydrogens is 455 g/mol. The summed E-state index contributed by atoms with van der Waals surface area (Å²) >= 11 is 0. The standard InChI is InChI=1S/C25H29FN4O3S/c1-18-24(19(2)30(28-18)16-20-7-4-3-5-8-20)15-27-25(31)21-9-6-14-29(17-21)34(32,33)23-12-10-22(26)11-13-23/h3-5,7-8,10-13,21H,6,9,14-17H2,1-2H3,(H,27,31). The van der Waals surface area contributed by atoms with Crippen LogP contribution in [0.4, 0.5) is 4.39 Å². The van der Waals surface area contributed by atoms with E-state index in [1.807, 2.05) is 48.9 Å². The molecule has 0 bridgehead atoms. The molecule has 3 aromatic rings. The first-order chi connectivity index (χ1) is 16.3. The largest absolute Gasteiger partial charge is 0.352 e. The second-order valence-electron chi connectivity index (χ2n) is 8.67. The van der Waals surface area contributed by atoms with Gasteiger partial charge in [0.2, 0.25) is 15.9 Å². The Morgan fingerprint density at radius 3 is 2.53 bits per heavy atom. The number of nitrogens with one attached hydrogen (secondary N) is 1. The number of sulfonamides is 1.